The minimum atomic E-state index is 0.340. The number of nitrogens with one attached hydrogen (secondary N) is 1. The van der Waals surface area contributed by atoms with E-state index in [0.717, 1.165) is 12.6 Å². The van der Waals surface area contributed by atoms with E-state index in [2.05, 4.69) is 65.6 Å². The Hall–Kier alpha value is -0.0800. The molecule has 0 aromatic rings. The third kappa shape index (κ3) is 4.19. The van der Waals surface area contributed by atoms with Crippen LogP contribution in [0.3, 0.4) is 0 Å². The topological polar surface area (TPSA) is 15.3 Å². The van der Waals surface area contributed by atoms with Crippen molar-refractivity contribution in [1.29, 1.82) is 0 Å². The van der Waals surface area contributed by atoms with Crippen molar-refractivity contribution in [2.75, 3.05) is 13.1 Å². The predicted octanol–water partition coefficient (Wildman–Crippen LogP) is 3.91. The summed E-state index contributed by atoms with van der Waals surface area (Å²) < 4.78 is 0. The second kappa shape index (κ2) is 6.13. The second-order valence-corrected chi connectivity index (χ2v) is 8.38. The normalized spacial score (nSPS) is 27.0. The zero-order valence-corrected chi connectivity index (χ0v) is 14.5. The van der Waals surface area contributed by atoms with Crippen LogP contribution in [0, 0.1) is 10.8 Å². The molecule has 0 aromatic carbocycles. The number of hydrogen-bond donors (Lipinski definition) is 1. The van der Waals surface area contributed by atoms with Gasteiger partial charge in [-0.1, -0.05) is 55.4 Å². The van der Waals surface area contributed by atoms with Gasteiger partial charge in [0.15, 0.2) is 0 Å². The van der Waals surface area contributed by atoms with E-state index in [1.54, 1.807) is 0 Å². The van der Waals surface area contributed by atoms with Gasteiger partial charge in [0.05, 0.1) is 0 Å². The van der Waals surface area contributed by atoms with E-state index in [9.17, 15) is 0 Å². The molecule has 1 N–H and O–H groups in total. The van der Waals surface area contributed by atoms with Gasteiger partial charge in [0, 0.05) is 31.2 Å². The molecule has 2 nitrogen and oxygen atoms in total. The van der Waals surface area contributed by atoms with E-state index in [1.807, 2.05) is 0 Å². The van der Waals surface area contributed by atoms with Crippen molar-refractivity contribution in [2.24, 2.45) is 10.8 Å². The highest BCUT2D eigenvalue weighted by molar-refractivity contribution is 4.97. The van der Waals surface area contributed by atoms with E-state index >= 15 is 0 Å². The van der Waals surface area contributed by atoms with Crippen LogP contribution in [0.25, 0.3) is 0 Å². The Balaban J connectivity index is 2.92. The summed E-state index contributed by atoms with van der Waals surface area (Å²) in [6.07, 6.45) is 2.53. The first-order valence-corrected chi connectivity index (χ1v) is 8.10. The lowest BCUT2D eigenvalue weighted by atomic mass is 9.78. The van der Waals surface area contributed by atoms with Gasteiger partial charge in [0.1, 0.15) is 0 Å². The first-order valence-electron chi connectivity index (χ1n) is 8.10. The molecule has 1 aliphatic rings. The van der Waals surface area contributed by atoms with Crippen molar-refractivity contribution in [3.63, 3.8) is 0 Å². The molecule has 114 valence electrons. The van der Waals surface area contributed by atoms with Gasteiger partial charge in [-0.3, -0.25) is 4.90 Å². The first-order chi connectivity index (χ1) is 8.61. The molecule has 0 radical (unpaired) electrons. The van der Waals surface area contributed by atoms with Crippen molar-refractivity contribution in [3.05, 3.63) is 0 Å². The van der Waals surface area contributed by atoms with Crippen LogP contribution in [-0.2, 0) is 0 Å². The molecule has 1 aliphatic heterocycles. The largest absolute Gasteiger partial charge is 0.311 e. The monoisotopic (exact) mass is 268 g/mol. The molecule has 0 bridgehead atoms. The van der Waals surface area contributed by atoms with E-state index in [0.29, 0.717) is 22.9 Å². The SMILES string of the molecule is CCC(CC)N1CC(C(C)(C)C)NCC1C(C)(C)C. The highest BCUT2D eigenvalue weighted by Gasteiger charge is 2.40. The highest BCUT2D eigenvalue weighted by atomic mass is 15.3. The molecule has 0 spiro atoms. The molecular weight excluding hydrogens is 232 g/mol. The smallest absolute Gasteiger partial charge is 0.0272 e. The van der Waals surface area contributed by atoms with Gasteiger partial charge in [-0.25, -0.2) is 0 Å². The Morgan fingerprint density at radius 2 is 1.53 bits per heavy atom. The summed E-state index contributed by atoms with van der Waals surface area (Å²) in [5.74, 6) is 0. The van der Waals surface area contributed by atoms with E-state index < -0.39 is 0 Å². The second-order valence-electron chi connectivity index (χ2n) is 8.38. The van der Waals surface area contributed by atoms with Crippen molar-refractivity contribution in [3.8, 4) is 0 Å². The molecule has 0 aromatic heterocycles. The van der Waals surface area contributed by atoms with Crippen LogP contribution >= 0.6 is 0 Å². The number of piperazine rings is 1. The third-order valence-corrected chi connectivity index (χ3v) is 4.81. The fourth-order valence-corrected chi connectivity index (χ4v) is 3.32. The van der Waals surface area contributed by atoms with Gasteiger partial charge >= 0.3 is 0 Å². The summed E-state index contributed by atoms with van der Waals surface area (Å²) in [7, 11) is 0. The minimum absolute atomic E-state index is 0.340. The maximum Gasteiger partial charge on any atom is 0.0272 e. The summed E-state index contributed by atoms with van der Waals surface area (Å²) in [4.78, 5) is 2.80. The molecule has 0 aliphatic carbocycles. The molecule has 1 rings (SSSR count). The van der Waals surface area contributed by atoms with Crippen LogP contribution in [0.1, 0.15) is 68.2 Å². The van der Waals surface area contributed by atoms with Crippen LogP contribution in [-0.4, -0.2) is 36.1 Å². The third-order valence-electron chi connectivity index (χ3n) is 4.81. The van der Waals surface area contributed by atoms with Gasteiger partial charge in [-0.2, -0.15) is 0 Å². The molecule has 1 saturated heterocycles. The standard InChI is InChI=1S/C17H36N2/c1-9-13(10-2)19-12-14(16(3,4)5)18-11-15(19)17(6,7)8/h13-15,18H,9-12H2,1-8H3. The summed E-state index contributed by atoms with van der Waals surface area (Å²) in [6.45, 7) is 21.2. The quantitative estimate of drug-likeness (QED) is 0.835. The molecule has 19 heavy (non-hydrogen) atoms. The number of nitrogens with zero attached hydrogens (tertiary/aromatic N) is 1. The maximum absolute atomic E-state index is 3.81. The molecule has 0 amide bonds. The summed E-state index contributed by atoms with van der Waals surface area (Å²) in [5.41, 5.74) is 0.686. The van der Waals surface area contributed by atoms with Gasteiger partial charge < -0.3 is 5.32 Å². The Labute approximate surface area is 121 Å². The van der Waals surface area contributed by atoms with Crippen LogP contribution < -0.4 is 5.32 Å². The van der Waals surface area contributed by atoms with Gasteiger partial charge in [0.2, 0.25) is 0 Å². The fourth-order valence-electron chi connectivity index (χ4n) is 3.32. The summed E-state index contributed by atoms with van der Waals surface area (Å²) in [6, 6.07) is 1.99. The van der Waals surface area contributed by atoms with Crippen LogP contribution in [0.5, 0.6) is 0 Å². The lowest BCUT2D eigenvalue weighted by molar-refractivity contribution is -0.00223. The molecule has 1 fully saturated rings. The van der Waals surface area contributed by atoms with Crippen molar-refractivity contribution in [1.82, 2.24) is 10.2 Å². The van der Waals surface area contributed by atoms with Crippen LogP contribution in [0.2, 0.25) is 0 Å². The van der Waals surface area contributed by atoms with E-state index in [4.69, 9.17) is 0 Å². The summed E-state index contributed by atoms with van der Waals surface area (Å²) in [5, 5.41) is 3.81. The molecule has 2 heteroatoms. The fraction of sp³-hybridized carbons (Fsp3) is 1.00. The Kier molecular flexibility index (Phi) is 5.48. The zero-order valence-electron chi connectivity index (χ0n) is 14.5. The van der Waals surface area contributed by atoms with Crippen molar-refractivity contribution >= 4 is 0 Å². The Morgan fingerprint density at radius 1 is 1.00 bits per heavy atom. The minimum Gasteiger partial charge on any atom is -0.311 e. The predicted molar refractivity (Wildman–Crippen MR) is 85.6 cm³/mol. The summed E-state index contributed by atoms with van der Waals surface area (Å²) >= 11 is 0. The van der Waals surface area contributed by atoms with E-state index in [-0.39, 0.29) is 0 Å². The van der Waals surface area contributed by atoms with Gasteiger partial charge in [-0.05, 0) is 23.7 Å². The molecule has 0 saturated carbocycles. The zero-order chi connectivity index (χ0) is 14.8. The van der Waals surface area contributed by atoms with Crippen LogP contribution in [0.4, 0.5) is 0 Å². The lowest BCUT2D eigenvalue weighted by Gasteiger charge is -2.52. The molecule has 2 unspecified atom stereocenters. The average Bonchev–Trinajstić information content (AvgIpc) is 2.28. The van der Waals surface area contributed by atoms with Gasteiger partial charge in [-0.15, -0.1) is 0 Å². The molecule has 1 heterocycles. The number of rotatable bonds is 3. The first kappa shape index (κ1) is 17.0. The average molecular weight is 268 g/mol. The lowest BCUT2D eigenvalue weighted by Crippen LogP contribution is -2.65. The van der Waals surface area contributed by atoms with E-state index in [1.165, 1.54) is 19.4 Å². The van der Waals surface area contributed by atoms with Crippen LogP contribution in [0.15, 0.2) is 0 Å². The van der Waals surface area contributed by atoms with Crippen molar-refractivity contribution < 1.29 is 0 Å². The molecular formula is C17H36N2. The number of hydrogen-bond acceptors (Lipinski definition) is 2. The Morgan fingerprint density at radius 3 is 1.89 bits per heavy atom. The molecule has 2 atom stereocenters. The maximum atomic E-state index is 3.81. The van der Waals surface area contributed by atoms with Gasteiger partial charge in [0.25, 0.3) is 0 Å². The Bertz CT molecular complexity index is 268. The highest BCUT2D eigenvalue weighted by Crippen LogP contribution is 2.33. The van der Waals surface area contributed by atoms with Crippen molar-refractivity contribution in [2.45, 2.75) is 86.4 Å².